The molecule has 0 unspecified atom stereocenters. The minimum Gasteiger partial charge on any atom is -0.464 e. The molecule has 3 nitrogen and oxygen atoms in total. The molecule has 0 radical (unpaired) electrons. The van der Waals surface area contributed by atoms with Gasteiger partial charge in [-0.25, -0.2) is 9.40 Å². The van der Waals surface area contributed by atoms with Crippen molar-refractivity contribution in [2.24, 2.45) is 5.10 Å². The van der Waals surface area contributed by atoms with Gasteiger partial charge >= 0.3 is 0 Å². The van der Waals surface area contributed by atoms with Crippen LogP contribution in [0, 0.1) is 5.82 Å². The van der Waals surface area contributed by atoms with Crippen molar-refractivity contribution in [3.8, 4) is 5.75 Å². The molecule has 0 fully saturated rings. The molecule has 5 rings (SSSR count). The highest BCUT2D eigenvalue weighted by Gasteiger charge is 2.41. The zero-order chi connectivity index (χ0) is 19.3. The number of hydrogen-bond acceptors (Lipinski definition) is 3. The Morgan fingerprint density at radius 3 is 2.61 bits per heavy atom. The second kappa shape index (κ2) is 6.90. The second-order valence-electron chi connectivity index (χ2n) is 6.83. The third-order valence-electron chi connectivity index (χ3n) is 5.10. The Hall–Kier alpha value is -2.37. The van der Waals surface area contributed by atoms with Gasteiger partial charge in [-0.1, -0.05) is 57.9 Å². The van der Waals surface area contributed by atoms with E-state index in [0.29, 0.717) is 11.4 Å². The summed E-state index contributed by atoms with van der Waals surface area (Å²) in [6.07, 6.45) is 0.282. The Morgan fingerprint density at radius 2 is 1.82 bits per heavy atom. The molecule has 0 aliphatic carbocycles. The lowest BCUT2D eigenvalue weighted by Gasteiger charge is -2.38. The van der Waals surface area contributed by atoms with Gasteiger partial charge in [-0.05, 0) is 42.0 Å². The number of ether oxygens (including phenoxy) is 1. The van der Waals surface area contributed by atoms with Crippen molar-refractivity contribution in [2.45, 2.75) is 18.7 Å². The molecule has 0 aromatic heterocycles. The van der Waals surface area contributed by atoms with Gasteiger partial charge in [0.15, 0.2) is 0 Å². The zero-order valence-electron chi connectivity index (χ0n) is 14.6. The molecular weight excluding hydrogens is 443 g/mol. The maximum absolute atomic E-state index is 13.3. The van der Waals surface area contributed by atoms with Crippen molar-refractivity contribution in [3.05, 3.63) is 98.7 Å². The summed E-state index contributed by atoms with van der Waals surface area (Å²) in [5.41, 5.74) is 3.74. The number of rotatable bonds is 2. The standard InChI is InChI=1S/C22H15BrClFN2O/c23-14-7-10-21-17(11-14)20-12-19(13-5-8-15(25)9-6-13)26-27(20)22(28-21)16-3-1-2-4-18(16)24/h1-11,20,22H,12H2/t20-,22-/m1/s1. The maximum atomic E-state index is 13.3. The van der Waals surface area contributed by atoms with Crippen LogP contribution >= 0.6 is 27.5 Å². The molecule has 2 heterocycles. The first-order chi connectivity index (χ1) is 13.6. The summed E-state index contributed by atoms with van der Waals surface area (Å²) in [5, 5.41) is 7.47. The summed E-state index contributed by atoms with van der Waals surface area (Å²) >= 11 is 10.0. The lowest BCUT2D eigenvalue weighted by molar-refractivity contribution is -0.0190. The Balaban J connectivity index is 1.62. The minimum absolute atomic E-state index is 0.0163. The number of benzene rings is 3. The van der Waals surface area contributed by atoms with Gasteiger partial charge in [-0.2, -0.15) is 5.10 Å². The van der Waals surface area contributed by atoms with Crippen molar-refractivity contribution in [3.63, 3.8) is 0 Å². The van der Waals surface area contributed by atoms with E-state index in [1.807, 2.05) is 41.4 Å². The monoisotopic (exact) mass is 456 g/mol. The van der Waals surface area contributed by atoms with Gasteiger partial charge in [0.05, 0.1) is 11.8 Å². The Labute approximate surface area is 175 Å². The van der Waals surface area contributed by atoms with Crippen molar-refractivity contribution >= 4 is 33.2 Å². The first-order valence-corrected chi connectivity index (χ1v) is 10.1. The molecule has 2 aliphatic rings. The van der Waals surface area contributed by atoms with Crippen LogP contribution in [0.4, 0.5) is 4.39 Å². The molecule has 6 heteroatoms. The van der Waals surface area contributed by atoms with E-state index >= 15 is 0 Å². The highest BCUT2D eigenvalue weighted by Crippen LogP contribution is 2.49. The SMILES string of the molecule is Fc1ccc(C2=NN3[C@H](C2)c2cc(Br)ccc2O[C@@H]3c2ccccc2Cl)cc1. The van der Waals surface area contributed by atoms with Crippen LogP contribution in [-0.2, 0) is 0 Å². The molecule has 0 amide bonds. The normalized spacial score (nSPS) is 20.2. The van der Waals surface area contributed by atoms with Gasteiger partial charge in [0.2, 0.25) is 6.23 Å². The molecule has 2 atom stereocenters. The summed E-state index contributed by atoms with van der Waals surface area (Å²) in [7, 11) is 0. The third-order valence-corrected chi connectivity index (χ3v) is 5.94. The van der Waals surface area contributed by atoms with Crippen LogP contribution in [0.2, 0.25) is 5.02 Å². The van der Waals surface area contributed by atoms with Gasteiger partial charge in [-0.3, -0.25) is 0 Å². The van der Waals surface area contributed by atoms with E-state index in [9.17, 15) is 4.39 Å². The molecule has 0 saturated carbocycles. The van der Waals surface area contributed by atoms with Crippen molar-refractivity contribution in [1.29, 1.82) is 0 Å². The first kappa shape index (κ1) is 17.7. The predicted octanol–water partition coefficient (Wildman–Crippen LogP) is 6.48. The fourth-order valence-corrected chi connectivity index (χ4v) is 4.36. The number of hydrazone groups is 1. The molecule has 3 aromatic carbocycles. The average Bonchev–Trinajstić information content (AvgIpc) is 3.14. The summed E-state index contributed by atoms with van der Waals surface area (Å²) in [6.45, 7) is 0. The number of fused-ring (bicyclic) bond motifs is 3. The first-order valence-electron chi connectivity index (χ1n) is 8.92. The fraction of sp³-hybridized carbons (Fsp3) is 0.136. The van der Waals surface area contributed by atoms with Crippen LogP contribution in [0.3, 0.4) is 0 Å². The minimum atomic E-state index is -0.426. The molecule has 2 aliphatic heterocycles. The van der Waals surface area contributed by atoms with Crippen LogP contribution in [0.1, 0.15) is 35.4 Å². The quantitative estimate of drug-likeness (QED) is 0.440. The zero-order valence-corrected chi connectivity index (χ0v) is 17.0. The molecule has 0 spiro atoms. The van der Waals surface area contributed by atoms with E-state index in [1.165, 1.54) is 12.1 Å². The van der Waals surface area contributed by atoms with Crippen LogP contribution in [0.5, 0.6) is 5.75 Å². The molecular formula is C22H15BrClFN2O. The Morgan fingerprint density at radius 1 is 1.04 bits per heavy atom. The Kier molecular flexibility index (Phi) is 4.37. The summed E-state index contributed by atoms with van der Waals surface area (Å²) < 4.78 is 20.7. The van der Waals surface area contributed by atoms with E-state index in [2.05, 4.69) is 22.0 Å². The van der Waals surface area contributed by atoms with Crippen LogP contribution in [0.15, 0.2) is 76.3 Å². The summed E-state index contributed by atoms with van der Waals surface area (Å²) in [4.78, 5) is 0. The predicted molar refractivity (Wildman–Crippen MR) is 111 cm³/mol. The lowest BCUT2D eigenvalue weighted by atomic mass is 9.96. The largest absolute Gasteiger partial charge is 0.464 e. The van der Waals surface area contributed by atoms with Gasteiger partial charge in [-0.15, -0.1) is 0 Å². The second-order valence-corrected chi connectivity index (χ2v) is 8.15. The maximum Gasteiger partial charge on any atom is 0.215 e. The van der Waals surface area contributed by atoms with Crippen LogP contribution in [0.25, 0.3) is 0 Å². The fourth-order valence-electron chi connectivity index (χ4n) is 3.76. The smallest absolute Gasteiger partial charge is 0.215 e. The van der Waals surface area contributed by atoms with Crippen LogP contribution in [-0.4, -0.2) is 10.7 Å². The van der Waals surface area contributed by atoms with Crippen molar-refractivity contribution in [2.75, 3.05) is 0 Å². The highest BCUT2D eigenvalue weighted by atomic mass is 79.9. The van der Waals surface area contributed by atoms with Gasteiger partial charge in [0.1, 0.15) is 11.6 Å². The van der Waals surface area contributed by atoms with Gasteiger partial charge in [0, 0.05) is 27.0 Å². The van der Waals surface area contributed by atoms with E-state index in [4.69, 9.17) is 21.4 Å². The highest BCUT2D eigenvalue weighted by molar-refractivity contribution is 9.10. The molecule has 140 valence electrons. The Bertz CT molecular complexity index is 1090. The molecule has 0 saturated heterocycles. The lowest BCUT2D eigenvalue weighted by Crippen LogP contribution is -2.33. The average molecular weight is 458 g/mol. The van der Waals surface area contributed by atoms with E-state index in [0.717, 1.165) is 32.6 Å². The molecule has 0 N–H and O–H groups in total. The number of nitrogens with zero attached hydrogens (tertiary/aromatic N) is 2. The molecule has 3 aromatic rings. The van der Waals surface area contributed by atoms with Crippen molar-refractivity contribution < 1.29 is 9.13 Å². The van der Waals surface area contributed by atoms with Crippen LogP contribution < -0.4 is 4.74 Å². The third kappa shape index (κ3) is 2.99. The van der Waals surface area contributed by atoms with Crippen molar-refractivity contribution in [1.82, 2.24) is 5.01 Å². The van der Waals surface area contributed by atoms with Gasteiger partial charge < -0.3 is 4.74 Å². The van der Waals surface area contributed by atoms with Gasteiger partial charge in [0.25, 0.3) is 0 Å². The van der Waals surface area contributed by atoms with E-state index in [1.54, 1.807) is 12.1 Å². The number of hydrogen-bond donors (Lipinski definition) is 0. The molecule has 0 bridgehead atoms. The summed E-state index contributed by atoms with van der Waals surface area (Å²) in [6, 6.07) is 20.1. The summed E-state index contributed by atoms with van der Waals surface area (Å²) in [5.74, 6) is 0.566. The van der Waals surface area contributed by atoms with E-state index in [-0.39, 0.29) is 11.9 Å². The number of halogens is 3. The molecule has 28 heavy (non-hydrogen) atoms. The topological polar surface area (TPSA) is 24.8 Å². The van der Waals surface area contributed by atoms with E-state index < -0.39 is 6.23 Å².